The highest BCUT2D eigenvalue weighted by Gasteiger charge is 2.42. The zero-order chi connectivity index (χ0) is 15.5. The second-order valence-corrected chi connectivity index (χ2v) is 8.02. The average molecular weight is 295 g/mol. The molecule has 0 aromatic heterocycles. The van der Waals surface area contributed by atoms with Gasteiger partial charge in [0, 0.05) is 30.7 Å². The van der Waals surface area contributed by atoms with Gasteiger partial charge in [-0.1, -0.05) is 59.8 Å². The Morgan fingerprint density at radius 1 is 1.05 bits per heavy atom. The third-order valence-corrected chi connectivity index (χ3v) is 6.43. The van der Waals surface area contributed by atoms with Gasteiger partial charge in [0.25, 0.3) is 0 Å². The van der Waals surface area contributed by atoms with Crippen LogP contribution < -0.4 is 5.32 Å². The lowest BCUT2D eigenvalue weighted by molar-refractivity contribution is -0.00738. The lowest BCUT2D eigenvalue weighted by Crippen LogP contribution is -2.68. The fourth-order valence-corrected chi connectivity index (χ4v) is 4.83. The predicted molar refractivity (Wildman–Crippen MR) is 92.7 cm³/mol. The molecule has 0 radical (unpaired) electrons. The molecule has 1 N–H and O–H groups in total. The summed E-state index contributed by atoms with van der Waals surface area (Å²) >= 11 is 0. The van der Waals surface area contributed by atoms with E-state index in [0.717, 1.165) is 17.9 Å². The maximum Gasteiger partial charge on any atom is 0.0309 e. The fourth-order valence-electron chi connectivity index (χ4n) is 4.83. The third-order valence-electron chi connectivity index (χ3n) is 6.43. The van der Waals surface area contributed by atoms with Crippen LogP contribution in [0.2, 0.25) is 0 Å². The van der Waals surface area contributed by atoms with E-state index in [1.54, 1.807) is 0 Å². The van der Waals surface area contributed by atoms with Crippen LogP contribution in [0, 0.1) is 11.8 Å². The Morgan fingerprint density at radius 3 is 2.19 bits per heavy atom. The molecule has 1 heterocycles. The zero-order valence-corrected chi connectivity index (χ0v) is 15.1. The van der Waals surface area contributed by atoms with Gasteiger partial charge in [-0.3, -0.25) is 4.90 Å². The average Bonchev–Trinajstić information content (AvgIpc) is 2.48. The van der Waals surface area contributed by atoms with E-state index in [1.165, 1.54) is 58.0 Å². The van der Waals surface area contributed by atoms with Crippen LogP contribution in [0.25, 0.3) is 0 Å². The lowest BCUT2D eigenvalue weighted by Gasteiger charge is -2.54. The van der Waals surface area contributed by atoms with Gasteiger partial charge in [-0.05, 0) is 31.6 Å². The van der Waals surface area contributed by atoms with Gasteiger partial charge in [-0.15, -0.1) is 0 Å². The topological polar surface area (TPSA) is 15.3 Å². The van der Waals surface area contributed by atoms with Crippen molar-refractivity contribution >= 4 is 0 Å². The predicted octanol–water partition coefficient (Wildman–Crippen LogP) is 4.44. The van der Waals surface area contributed by atoms with Crippen LogP contribution in [-0.2, 0) is 0 Å². The summed E-state index contributed by atoms with van der Waals surface area (Å²) in [5, 5.41) is 3.98. The summed E-state index contributed by atoms with van der Waals surface area (Å²) in [6, 6.07) is 1.45. The Hall–Kier alpha value is -0.0800. The van der Waals surface area contributed by atoms with E-state index in [-0.39, 0.29) is 0 Å². The van der Waals surface area contributed by atoms with Crippen LogP contribution in [0.1, 0.15) is 79.6 Å². The SMILES string of the molecule is CCC(CC)C(C)N1CC2(CCCCC2)NCC1C(C)C. The van der Waals surface area contributed by atoms with Crippen molar-refractivity contribution in [3.05, 3.63) is 0 Å². The first-order chi connectivity index (χ1) is 10.0. The molecule has 0 aromatic rings. The van der Waals surface area contributed by atoms with E-state index < -0.39 is 0 Å². The van der Waals surface area contributed by atoms with Crippen molar-refractivity contribution in [2.75, 3.05) is 13.1 Å². The molecule has 0 aromatic carbocycles. The Bertz CT molecular complexity index is 303. The minimum Gasteiger partial charge on any atom is -0.308 e. The van der Waals surface area contributed by atoms with Gasteiger partial charge in [0.1, 0.15) is 0 Å². The van der Waals surface area contributed by atoms with E-state index >= 15 is 0 Å². The highest BCUT2D eigenvalue weighted by molar-refractivity contribution is 5.02. The second kappa shape index (κ2) is 7.46. The van der Waals surface area contributed by atoms with Gasteiger partial charge in [-0.25, -0.2) is 0 Å². The monoisotopic (exact) mass is 294 g/mol. The van der Waals surface area contributed by atoms with Gasteiger partial charge < -0.3 is 5.32 Å². The summed E-state index contributed by atoms with van der Waals surface area (Å²) < 4.78 is 0. The van der Waals surface area contributed by atoms with Crippen LogP contribution in [0.3, 0.4) is 0 Å². The molecule has 124 valence electrons. The first kappa shape index (κ1) is 17.3. The molecular formula is C19H38N2. The first-order valence-electron chi connectivity index (χ1n) is 9.53. The highest BCUT2D eigenvalue weighted by Crippen LogP contribution is 2.35. The zero-order valence-electron chi connectivity index (χ0n) is 15.1. The molecule has 2 aliphatic rings. The number of hydrogen-bond acceptors (Lipinski definition) is 2. The molecule has 1 saturated heterocycles. The van der Waals surface area contributed by atoms with Crippen molar-refractivity contribution < 1.29 is 0 Å². The summed E-state index contributed by atoms with van der Waals surface area (Å²) in [6.07, 6.45) is 9.71. The standard InChI is InChI=1S/C19H38N2/c1-6-17(7-2)16(5)21-14-19(11-9-8-10-12-19)20-13-18(21)15(3)4/h15-18,20H,6-14H2,1-5H3. The van der Waals surface area contributed by atoms with Crippen molar-refractivity contribution in [3.63, 3.8) is 0 Å². The number of nitrogens with zero attached hydrogens (tertiary/aromatic N) is 1. The van der Waals surface area contributed by atoms with Crippen LogP contribution in [0.5, 0.6) is 0 Å². The van der Waals surface area contributed by atoms with E-state index in [2.05, 4.69) is 44.8 Å². The van der Waals surface area contributed by atoms with E-state index in [1.807, 2.05) is 0 Å². The molecular weight excluding hydrogens is 256 g/mol. The Morgan fingerprint density at radius 2 is 1.67 bits per heavy atom. The van der Waals surface area contributed by atoms with Gasteiger partial charge >= 0.3 is 0 Å². The third kappa shape index (κ3) is 3.82. The van der Waals surface area contributed by atoms with Crippen molar-refractivity contribution in [2.45, 2.75) is 97.2 Å². The van der Waals surface area contributed by atoms with E-state index in [0.29, 0.717) is 11.6 Å². The van der Waals surface area contributed by atoms with Gasteiger partial charge in [0.15, 0.2) is 0 Å². The lowest BCUT2D eigenvalue weighted by atomic mass is 9.77. The summed E-state index contributed by atoms with van der Waals surface area (Å²) in [5.74, 6) is 1.60. The number of rotatable bonds is 5. The highest BCUT2D eigenvalue weighted by atomic mass is 15.3. The van der Waals surface area contributed by atoms with Crippen molar-refractivity contribution in [3.8, 4) is 0 Å². The normalized spacial score (nSPS) is 28.4. The molecule has 1 aliphatic carbocycles. The van der Waals surface area contributed by atoms with Gasteiger partial charge in [-0.2, -0.15) is 0 Å². The van der Waals surface area contributed by atoms with Crippen LogP contribution in [-0.4, -0.2) is 35.6 Å². The van der Waals surface area contributed by atoms with Crippen LogP contribution in [0.15, 0.2) is 0 Å². The molecule has 2 heteroatoms. The van der Waals surface area contributed by atoms with Crippen molar-refractivity contribution in [1.29, 1.82) is 0 Å². The van der Waals surface area contributed by atoms with E-state index in [9.17, 15) is 0 Å². The van der Waals surface area contributed by atoms with Gasteiger partial charge in [0.2, 0.25) is 0 Å². The molecule has 2 fully saturated rings. The van der Waals surface area contributed by atoms with Crippen molar-refractivity contribution in [2.24, 2.45) is 11.8 Å². The number of piperazine rings is 1. The second-order valence-electron chi connectivity index (χ2n) is 8.02. The number of nitrogens with one attached hydrogen (secondary N) is 1. The Balaban J connectivity index is 2.14. The number of hydrogen-bond donors (Lipinski definition) is 1. The molecule has 0 bridgehead atoms. The van der Waals surface area contributed by atoms with E-state index in [4.69, 9.17) is 0 Å². The molecule has 2 nitrogen and oxygen atoms in total. The summed E-state index contributed by atoms with van der Waals surface area (Å²) in [6.45, 7) is 14.5. The Kier molecular flexibility index (Phi) is 6.14. The molecule has 21 heavy (non-hydrogen) atoms. The smallest absolute Gasteiger partial charge is 0.0309 e. The quantitative estimate of drug-likeness (QED) is 0.806. The Labute approximate surface area is 133 Å². The first-order valence-corrected chi connectivity index (χ1v) is 9.53. The van der Waals surface area contributed by atoms with Gasteiger partial charge in [0.05, 0.1) is 0 Å². The van der Waals surface area contributed by atoms with Crippen molar-refractivity contribution in [1.82, 2.24) is 10.2 Å². The molecule has 1 aliphatic heterocycles. The molecule has 2 unspecified atom stereocenters. The minimum atomic E-state index is 0.434. The molecule has 0 amide bonds. The largest absolute Gasteiger partial charge is 0.308 e. The molecule has 1 saturated carbocycles. The maximum atomic E-state index is 3.98. The maximum absolute atomic E-state index is 3.98. The van der Waals surface area contributed by atoms with Crippen LogP contribution >= 0.6 is 0 Å². The van der Waals surface area contributed by atoms with Crippen LogP contribution in [0.4, 0.5) is 0 Å². The summed E-state index contributed by atoms with van der Waals surface area (Å²) in [7, 11) is 0. The molecule has 2 rings (SSSR count). The molecule has 2 atom stereocenters. The molecule has 1 spiro atoms. The minimum absolute atomic E-state index is 0.434. The summed E-state index contributed by atoms with van der Waals surface area (Å²) in [5.41, 5.74) is 0.434. The fraction of sp³-hybridized carbons (Fsp3) is 1.00. The summed E-state index contributed by atoms with van der Waals surface area (Å²) in [4.78, 5) is 2.89.